The summed E-state index contributed by atoms with van der Waals surface area (Å²) in [5, 5.41) is 12.2. The Kier molecular flexibility index (Phi) is 4.76. The van der Waals surface area contributed by atoms with E-state index in [-0.39, 0.29) is 6.10 Å². The van der Waals surface area contributed by atoms with Gasteiger partial charge < -0.3 is 14.8 Å². The van der Waals surface area contributed by atoms with E-state index in [1.54, 1.807) is 6.92 Å². The van der Waals surface area contributed by atoms with Crippen molar-refractivity contribution < 1.29 is 9.52 Å². The van der Waals surface area contributed by atoms with Crippen molar-refractivity contribution in [3.05, 3.63) is 21.7 Å². The molecule has 0 saturated carbocycles. The second-order valence-corrected chi connectivity index (χ2v) is 4.08. The minimum absolute atomic E-state index is 0.232. The van der Waals surface area contributed by atoms with Crippen molar-refractivity contribution in [1.29, 1.82) is 0 Å². The van der Waals surface area contributed by atoms with E-state index in [4.69, 9.17) is 9.52 Å². The number of rotatable bonds is 5. The highest BCUT2D eigenvalue weighted by Crippen LogP contribution is 2.09. The van der Waals surface area contributed by atoms with Crippen molar-refractivity contribution in [3.8, 4) is 0 Å². The number of hydrogen-bond donors (Lipinski definition) is 2. The molecule has 4 heteroatoms. The van der Waals surface area contributed by atoms with Crippen molar-refractivity contribution in [2.75, 3.05) is 6.54 Å². The van der Waals surface area contributed by atoms with Gasteiger partial charge in [0.15, 0.2) is 3.77 Å². The van der Waals surface area contributed by atoms with Gasteiger partial charge in [-0.15, -0.1) is 0 Å². The molecule has 0 aliphatic rings. The summed E-state index contributed by atoms with van der Waals surface area (Å²) in [7, 11) is 0. The van der Waals surface area contributed by atoms with Gasteiger partial charge in [-0.3, -0.25) is 0 Å². The molecule has 2 N–H and O–H groups in total. The Bertz CT molecular complexity index is 248. The van der Waals surface area contributed by atoms with Crippen LogP contribution in [0.5, 0.6) is 0 Å². The van der Waals surface area contributed by atoms with Crippen LogP contribution in [0.25, 0.3) is 0 Å². The number of aliphatic hydroxyl groups is 1. The van der Waals surface area contributed by atoms with Crippen LogP contribution in [0, 0.1) is 3.77 Å². The van der Waals surface area contributed by atoms with E-state index in [2.05, 4.69) is 27.9 Å². The first-order valence-corrected chi connectivity index (χ1v) is 5.39. The number of halogens is 1. The van der Waals surface area contributed by atoms with E-state index in [1.807, 2.05) is 12.1 Å². The molecular weight excluding hydrogens is 281 g/mol. The van der Waals surface area contributed by atoms with Gasteiger partial charge in [-0.25, -0.2) is 0 Å². The minimum Gasteiger partial charge on any atom is -0.454 e. The first-order chi connectivity index (χ1) is 6.18. The monoisotopic (exact) mass is 295 g/mol. The Hall–Kier alpha value is -0.0700. The molecule has 0 saturated heterocycles. The zero-order chi connectivity index (χ0) is 9.68. The Balaban J connectivity index is 2.13. The smallest absolute Gasteiger partial charge is 0.164 e. The lowest BCUT2D eigenvalue weighted by Gasteiger charge is -2.04. The van der Waals surface area contributed by atoms with E-state index in [1.165, 1.54) is 0 Å². The Labute approximate surface area is 91.7 Å². The van der Waals surface area contributed by atoms with E-state index < -0.39 is 0 Å². The molecule has 0 aliphatic heterocycles. The molecule has 0 bridgehead atoms. The third kappa shape index (κ3) is 4.64. The third-order valence-corrected chi connectivity index (χ3v) is 2.25. The van der Waals surface area contributed by atoms with E-state index in [9.17, 15) is 0 Å². The van der Waals surface area contributed by atoms with E-state index >= 15 is 0 Å². The molecule has 1 unspecified atom stereocenters. The number of furan rings is 1. The van der Waals surface area contributed by atoms with Crippen LogP contribution in [-0.4, -0.2) is 17.8 Å². The topological polar surface area (TPSA) is 45.4 Å². The van der Waals surface area contributed by atoms with Crippen molar-refractivity contribution in [2.24, 2.45) is 0 Å². The zero-order valence-electron chi connectivity index (χ0n) is 7.59. The summed E-state index contributed by atoms with van der Waals surface area (Å²) in [6.07, 6.45) is 0.543. The van der Waals surface area contributed by atoms with Crippen molar-refractivity contribution >= 4 is 22.6 Å². The normalized spacial score (nSPS) is 13.2. The van der Waals surface area contributed by atoms with Gasteiger partial charge in [0.05, 0.1) is 12.6 Å². The van der Waals surface area contributed by atoms with Crippen LogP contribution in [0.3, 0.4) is 0 Å². The molecular formula is C9H14INO2. The lowest BCUT2D eigenvalue weighted by molar-refractivity contribution is 0.183. The summed E-state index contributed by atoms with van der Waals surface area (Å²) >= 11 is 2.14. The predicted molar refractivity (Wildman–Crippen MR) is 59.4 cm³/mol. The predicted octanol–water partition coefficient (Wildman–Crippen LogP) is 1.74. The molecule has 0 aromatic carbocycles. The summed E-state index contributed by atoms with van der Waals surface area (Å²) in [6, 6.07) is 3.89. The number of nitrogens with one attached hydrogen (secondary N) is 1. The first-order valence-electron chi connectivity index (χ1n) is 4.31. The minimum atomic E-state index is -0.232. The summed E-state index contributed by atoms with van der Waals surface area (Å²) in [5.41, 5.74) is 0. The van der Waals surface area contributed by atoms with Gasteiger partial charge in [-0.2, -0.15) is 0 Å². The van der Waals surface area contributed by atoms with Gasteiger partial charge in [0.2, 0.25) is 0 Å². The molecule has 0 fully saturated rings. The fraction of sp³-hybridized carbons (Fsp3) is 0.556. The molecule has 0 amide bonds. The highest BCUT2D eigenvalue weighted by molar-refractivity contribution is 14.1. The summed E-state index contributed by atoms with van der Waals surface area (Å²) < 4.78 is 6.26. The number of aliphatic hydroxyl groups excluding tert-OH is 1. The zero-order valence-corrected chi connectivity index (χ0v) is 9.74. The molecule has 1 rings (SSSR count). The van der Waals surface area contributed by atoms with Crippen LogP contribution >= 0.6 is 22.6 Å². The maximum Gasteiger partial charge on any atom is 0.164 e. The van der Waals surface area contributed by atoms with E-state index in [0.29, 0.717) is 0 Å². The van der Waals surface area contributed by atoms with Gasteiger partial charge >= 0.3 is 0 Å². The third-order valence-electron chi connectivity index (χ3n) is 1.67. The average Bonchev–Trinajstić information content (AvgIpc) is 2.45. The fourth-order valence-electron chi connectivity index (χ4n) is 0.969. The lowest BCUT2D eigenvalue weighted by atomic mass is 10.3. The molecule has 1 aromatic heterocycles. The summed E-state index contributed by atoms with van der Waals surface area (Å²) in [6.45, 7) is 3.34. The van der Waals surface area contributed by atoms with Gasteiger partial charge in [0.1, 0.15) is 5.76 Å². The molecule has 1 heterocycles. The standard InChI is InChI=1S/C9H14INO2/c1-7(12)4-5-11-6-8-2-3-9(10)13-8/h2-3,7,11-12H,4-6H2,1H3. The molecule has 1 atom stereocenters. The highest BCUT2D eigenvalue weighted by Gasteiger charge is 1.99. The van der Waals surface area contributed by atoms with E-state index in [0.717, 1.165) is 29.0 Å². The summed E-state index contributed by atoms with van der Waals surface area (Å²) in [5.74, 6) is 0.940. The summed E-state index contributed by atoms with van der Waals surface area (Å²) in [4.78, 5) is 0. The Morgan fingerprint density at radius 3 is 2.92 bits per heavy atom. The van der Waals surface area contributed by atoms with Crippen LogP contribution in [0.15, 0.2) is 16.5 Å². The van der Waals surface area contributed by atoms with Crippen molar-refractivity contribution in [1.82, 2.24) is 5.32 Å². The number of hydrogen-bond acceptors (Lipinski definition) is 3. The first kappa shape index (κ1) is 11.0. The average molecular weight is 295 g/mol. The second kappa shape index (κ2) is 5.62. The maximum atomic E-state index is 8.99. The molecule has 0 spiro atoms. The molecule has 74 valence electrons. The second-order valence-electron chi connectivity index (χ2n) is 3.02. The molecule has 3 nitrogen and oxygen atoms in total. The van der Waals surface area contributed by atoms with Gasteiger partial charge in [-0.05, 0) is 54.6 Å². The van der Waals surface area contributed by atoms with Crippen LogP contribution in [0.1, 0.15) is 19.1 Å². The quantitative estimate of drug-likeness (QED) is 0.642. The molecule has 1 aromatic rings. The largest absolute Gasteiger partial charge is 0.454 e. The van der Waals surface area contributed by atoms with Crippen LogP contribution in [0.2, 0.25) is 0 Å². The van der Waals surface area contributed by atoms with Crippen LogP contribution < -0.4 is 5.32 Å². The maximum absolute atomic E-state index is 8.99. The van der Waals surface area contributed by atoms with Gasteiger partial charge in [-0.1, -0.05) is 0 Å². The SMILES string of the molecule is CC(O)CCNCc1ccc(I)o1. The molecule has 13 heavy (non-hydrogen) atoms. The van der Waals surface area contributed by atoms with Gasteiger partial charge in [0, 0.05) is 0 Å². The highest BCUT2D eigenvalue weighted by atomic mass is 127. The Morgan fingerprint density at radius 1 is 1.62 bits per heavy atom. The molecule has 0 aliphatic carbocycles. The van der Waals surface area contributed by atoms with Crippen molar-refractivity contribution in [2.45, 2.75) is 26.0 Å². The Morgan fingerprint density at radius 2 is 2.38 bits per heavy atom. The molecule has 0 radical (unpaired) electrons. The van der Waals surface area contributed by atoms with Crippen LogP contribution in [-0.2, 0) is 6.54 Å². The van der Waals surface area contributed by atoms with Crippen molar-refractivity contribution in [3.63, 3.8) is 0 Å². The van der Waals surface area contributed by atoms with Gasteiger partial charge in [0.25, 0.3) is 0 Å². The fourth-order valence-corrected chi connectivity index (χ4v) is 1.43. The van der Waals surface area contributed by atoms with Crippen LogP contribution in [0.4, 0.5) is 0 Å². The lowest BCUT2D eigenvalue weighted by Crippen LogP contribution is -2.18.